The molecule has 1 N–H and O–H groups in total. The maximum Gasteiger partial charge on any atom is 0.258 e. The van der Waals surface area contributed by atoms with Crippen molar-refractivity contribution in [3.63, 3.8) is 0 Å². The fourth-order valence-corrected chi connectivity index (χ4v) is 3.12. The first-order chi connectivity index (χ1) is 13.6. The van der Waals surface area contributed by atoms with Gasteiger partial charge in [0.25, 0.3) is 5.91 Å². The number of nitrogens with zero attached hydrogens (tertiary/aromatic N) is 3. The smallest absolute Gasteiger partial charge is 0.258 e. The van der Waals surface area contributed by atoms with Crippen LogP contribution in [0.3, 0.4) is 0 Å². The number of anilines is 1. The number of aromatic nitrogens is 3. The fraction of sp³-hybridized carbons (Fsp3) is 0. The molecule has 0 saturated heterocycles. The summed E-state index contributed by atoms with van der Waals surface area (Å²) in [5, 5.41) is 10.8. The second kappa shape index (κ2) is 7.74. The Balaban J connectivity index is 1.55. The Labute approximate surface area is 169 Å². The van der Waals surface area contributed by atoms with Crippen LogP contribution in [0, 0.1) is 5.82 Å². The molecule has 0 unspecified atom stereocenters. The normalized spacial score (nSPS) is 10.6. The monoisotopic (exact) mass is 436 g/mol. The number of carbonyl (C=O) groups is 1. The summed E-state index contributed by atoms with van der Waals surface area (Å²) in [6.07, 6.45) is 1.70. The largest absolute Gasteiger partial charge is 0.322 e. The summed E-state index contributed by atoms with van der Waals surface area (Å²) in [6.45, 7) is 0. The van der Waals surface area contributed by atoms with Gasteiger partial charge in [0.05, 0.1) is 23.1 Å². The predicted octanol–water partition coefficient (Wildman–Crippen LogP) is 5.09. The number of rotatable bonds is 4. The minimum atomic E-state index is -0.585. The van der Waals surface area contributed by atoms with Crippen molar-refractivity contribution in [1.29, 1.82) is 0 Å². The van der Waals surface area contributed by atoms with Gasteiger partial charge in [-0.3, -0.25) is 4.79 Å². The van der Waals surface area contributed by atoms with Gasteiger partial charge in [0.15, 0.2) is 0 Å². The molecule has 1 heterocycles. The van der Waals surface area contributed by atoms with E-state index in [9.17, 15) is 9.18 Å². The molecule has 0 bridgehead atoms. The first-order valence-corrected chi connectivity index (χ1v) is 9.24. The summed E-state index contributed by atoms with van der Waals surface area (Å²) < 4.78 is 16.2. The van der Waals surface area contributed by atoms with E-state index in [0.717, 1.165) is 16.9 Å². The van der Waals surface area contributed by atoms with Gasteiger partial charge in [0.1, 0.15) is 5.82 Å². The Morgan fingerprint density at radius 2 is 1.75 bits per heavy atom. The number of halogens is 2. The molecule has 0 atom stereocenters. The van der Waals surface area contributed by atoms with Gasteiger partial charge in [-0.05, 0) is 42.5 Å². The molecule has 0 fully saturated rings. The van der Waals surface area contributed by atoms with Crippen LogP contribution in [0.15, 0.2) is 83.5 Å². The number of hydrogen-bond acceptors (Lipinski definition) is 3. The van der Waals surface area contributed by atoms with Crippen LogP contribution >= 0.6 is 15.9 Å². The quantitative estimate of drug-likeness (QED) is 0.484. The van der Waals surface area contributed by atoms with E-state index in [-0.39, 0.29) is 5.56 Å². The lowest BCUT2D eigenvalue weighted by Crippen LogP contribution is -2.13. The predicted molar refractivity (Wildman–Crippen MR) is 109 cm³/mol. The van der Waals surface area contributed by atoms with Crippen LogP contribution < -0.4 is 5.32 Å². The first-order valence-electron chi connectivity index (χ1n) is 8.45. The third kappa shape index (κ3) is 3.70. The van der Waals surface area contributed by atoms with E-state index in [1.54, 1.807) is 29.1 Å². The van der Waals surface area contributed by atoms with E-state index >= 15 is 0 Å². The van der Waals surface area contributed by atoms with Crippen LogP contribution in [0.2, 0.25) is 0 Å². The second-order valence-electron chi connectivity index (χ2n) is 6.02. The van der Waals surface area contributed by atoms with Gasteiger partial charge < -0.3 is 5.32 Å². The van der Waals surface area contributed by atoms with Gasteiger partial charge in [-0.25, -0.2) is 9.07 Å². The molecule has 0 spiro atoms. The van der Waals surface area contributed by atoms with Crippen LogP contribution in [-0.4, -0.2) is 20.9 Å². The fourth-order valence-electron chi connectivity index (χ4n) is 2.79. The van der Waals surface area contributed by atoms with Crippen molar-refractivity contribution in [2.45, 2.75) is 0 Å². The van der Waals surface area contributed by atoms with Crippen molar-refractivity contribution in [2.75, 3.05) is 5.32 Å². The second-order valence-corrected chi connectivity index (χ2v) is 6.94. The highest BCUT2D eigenvalue weighted by Gasteiger charge is 2.13. The van der Waals surface area contributed by atoms with Crippen molar-refractivity contribution >= 4 is 27.5 Å². The highest BCUT2D eigenvalue weighted by atomic mass is 79.9. The lowest BCUT2D eigenvalue weighted by atomic mass is 10.1. The maximum absolute atomic E-state index is 13.9. The first kappa shape index (κ1) is 18.1. The molecule has 0 aliphatic carbocycles. The van der Waals surface area contributed by atoms with E-state index in [4.69, 9.17) is 0 Å². The third-order valence-electron chi connectivity index (χ3n) is 4.16. The highest BCUT2D eigenvalue weighted by molar-refractivity contribution is 9.10. The standard InChI is InChI=1S/C21H14BrFN4O/c22-15-6-11-18(19(23)12-15)21(28)25-16-7-9-17(10-8-16)27-20(13-24-26-27)14-4-2-1-3-5-14/h1-13H,(H,25,28). The van der Waals surface area contributed by atoms with Gasteiger partial charge in [0, 0.05) is 15.7 Å². The minimum absolute atomic E-state index is 0.0186. The lowest BCUT2D eigenvalue weighted by molar-refractivity contribution is 0.102. The molecule has 3 aromatic carbocycles. The number of amides is 1. The third-order valence-corrected chi connectivity index (χ3v) is 4.66. The molecule has 0 radical (unpaired) electrons. The van der Waals surface area contributed by atoms with E-state index < -0.39 is 11.7 Å². The summed E-state index contributed by atoms with van der Waals surface area (Å²) in [4.78, 5) is 12.3. The molecule has 0 saturated carbocycles. The summed E-state index contributed by atoms with van der Waals surface area (Å²) in [6, 6.07) is 21.2. The van der Waals surface area contributed by atoms with Gasteiger partial charge in [-0.15, -0.1) is 5.10 Å². The van der Waals surface area contributed by atoms with Crippen molar-refractivity contribution in [2.24, 2.45) is 0 Å². The molecular formula is C21H14BrFN4O. The summed E-state index contributed by atoms with van der Waals surface area (Å²) in [5.41, 5.74) is 3.18. The zero-order chi connectivity index (χ0) is 19.5. The Morgan fingerprint density at radius 1 is 1.00 bits per heavy atom. The molecule has 1 amide bonds. The van der Waals surface area contributed by atoms with E-state index in [1.165, 1.54) is 12.1 Å². The SMILES string of the molecule is O=C(Nc1ccc(-n2nncc2-c2ccccc2)cc1)c1ccc(Br)cc1F. The Kier molecular flexibility index (Phi) is 4.99. The number of hydrogen-bond donors (Lipinski definition) is 1. The van der Waals surface area contributed by atoms with Gasteiger partial charge in [-0.1, -0.05) is 51.5 Å². The van der Waals surface area contributed by atoms with Crippen molar-refractivity contribution in [3.8, 4) is 16.9 Å². The van der Waals surface area contributed by atoms with Crippen LogP contribution in [0.5, 0.6) is 0 Å². The average Bonchev–Trinajstić information content (AvgIpc) is 3.19. The zero-order valence-electron chi connectivity index (χ0n) is 14.5. The van der Waals surface area contributed by atoms with Gasteiger partial charge in [0.2, 0.25) is 0 Å². The molecule has 0 aliphatic rings. The van der Waals surface area contributed by atoms with Crippen molar-refractivity contribution in [1.82, 2.24) is 15.0 Å². The molecule has 4 aromatic rings. The zero-order valence-corrected chi connectivity index (χ0v) is 16.1. The maximum atomic E-state index is 13.9. The van der Waals surface area contributed by atoms with Crippen LogP contribution in [0.4, 0.5) is 10.1 Å². The van der Waals surface area contributed by atoms with E-state index in [1.807, 2.05) is 42.5 Å². The Bertz CT molecular complexity index is 1130. The van der Waals surface area contributed by atoms with Gasteiger partial charge in [-0.2, -0.15) is 0 Å². The molecule has 1 aromatic heterocycles. The molecule has 7 heteroatoms. The van der Waals surface area contributed by atoms with Crippen LogP contribution in [0.25, 0.3) is 16.9 Å². The van der Waals surface area contributed by atoms with Crippen molar-refractivity contribution < 1.29 is 9.18 Å². The minimum Gasteiger partial charge on any atom is -0.322 e. The van der Waals surface area contributed by atoms with Crippen LogP contribution in [0.1, 0.15) is 10.4 Å². The Hall–Kier alpha value is -3.32. The molecule has 28 heavy (non-hydrogen) atoms. The molecular weight excluding hydrogens is 423 g/mol. The van der Waals surface area contributed by atoms with Crippen molar-refractivity contribution in [3.05, 3.63) is 94.8 Å². The molecule has 138 valence electrons. The molecule has 5 nitrogen and oxygen atoms in total. The van der Waals surface area contributed by atoms with Gasteiger partial charge >= 0.3 is 0 Å². The van der Waals surface area contributed by atoms with E-state index in [0.29, 0.717) is 10.2 Å². The number of benzene rings is 3. The summed E-state index contributed by atoms with van der Waals surface area (Å²) >= 11 is 3.18. The highest BCUT2D eigenvalue weighted by Crippen LogP contribution is 2.22. The lowest BCUT2D eigenvalue weighted by Gasteiger charge is -2.09. The number of carbonyl (C=O) groups excluding carboxylic acids is 1. The number of nitrogens with one attached hydrogen (secondary N) is 1. The summed E-state index contributed by atoms with van der Waals surface area (Å²) in [7, 11) is 0. The average molecular weight is 437 g/mol. The topological polar surface area (TPSA) is 59.8 Å². The summed E-state index contributed by atoms with van der Waals surface area (Å²) in [5.74, 6) is -1.10. The molecule has 0 aliphatic heterocycles. The Morgan fingerprint density at radius 3 is 2.46 bits per heavy atom. The van der Waals surface area contributed by atoms with E-state index in [2.05, 4.69) is 31.6 Å². The van der Waals surface area contributed by atoms with Crippen LogP contribution in [-0.2, 0) is 0 Å². The molecule has 4 rings (SSSR count).